The Morgan fingerprint density at radius 1 is 1.11 bits per heavy atom. The van der Waals surface area contributed by atoms with Gasteiger partial charge < -0.3 is 5.11 Å². The lowest BCUT2D eigenvalue weighted by molar-refractivity contribution is 0.112. The SMILES string of the molecule is OC1(I)CCCCC1.[AlH3]. The van der Waals surface area contributed by atoms with Crippen molar-refractivity contribution in [1.29, 1.82) is 0 Å². The molecule has 54 valence electrons. The van der Waals surface area contributed by atoms with E-state index < -0.39 is 0 Å². The van der Waals surface area contributed by atoms with Crippen molar-refractivity contribution in [2.75, 3.05) is 0 Å². The maximum atomic E-state index is 9.36. The van der Waals surface area contributed by atoms with Gasteiger partial charge in [0.15, 0.2) is 17.4 Å². The van der Waals surface area contributed by atoms with Crippen molar-refractivity contribution >= 4 is 40.0 Å². The van der Waals surface area contributed by atoms with Crippen molar-refractivity contribution in [3.8, 4) is 0 Å². The monoisotopic (exact) mass is 256 g/mol. The third kappa shape index (κ3) is 3.82. The lowest BCUT2D eigenvalue weighted by Gasteiger charge is -2.25. The highest BCUT2D eigenvalue weighted by molar-refractivity contribution is 14.1. The number of alkyl halides is 1. The zero-order valence-electron chi connectivity index (χ0n) is 4.86. The predicted octanol–water partition coefficient (Wildman–Crippen LogP) is 0.890. The van der Waals surface area contributed by atoms with E-state index in [0.717, 1.165) is 12.8 Å². The normalized spacial score (nSPS) is 24.7. The minimum atomic E-state index is -0.351. The minimum Gasteiger partial charge on any atom is -0.380 e. The molecule has 0 unspecified atom stereocenters. The van der Waals surface area contributed by atoms with E-state index >= 15 is 0 Å². The van der Waals surface area contributed by atoms with Crippen LogP contribution in [0.15, 0.2) is 0 Å². The molecule has 0 heterocycles. The van der Waals surface area contributed by atoms with Gasteiger partial charge in [-0.3, -0.25) is 0 Å². The highest BCUT2D eigenvalue weighted by Gasteiger charge is 2.24. The number of hydrogen-bond donors (Lipinski definition) is 1. The molecule has 1 rings (SSSR count). The molecule has 1 fully saturated rings. The summed E-state index contributed by atoms with van der Waals surface area (Å²) in [6.07, 6.45) is 5.71. The highest BCUT2D eigenvalue weighted by atomic mass is 127. The maximum Gasteiger partial charge on any atom is 0.187 e. The fourth-order valence-electron chi connectivity index (χ4n) is 1.09. The lowest BCUT2D eigenvalue weighted by atomic mass is 9.98. The Balaban J connectivity index is 0.000000640. The molecular formula is C6H14AlIO. The van der Waals surface area contributed by atoms with Gasteiger partial charge in [0.05, 0.1) is 0 Å². The molecule has 0 aliphatic heterocycles. The van der Waals surface area contributed by atoms with Crippen molar-refractivity contribution in [2.45, 2.75) is 35.7 Å². The van der Waals surface area contributed by atoms with E-state index in [1.807, 2.05) is 0 Å². The molecule has 0 amide bonds. The number of aliphatic hydroxyl groups is 1. The van der Waals surface area contributed by atoms with Crippen LogP contribution in [0.1, 0.15) is 32.1 Å². The molecule has 0 spiro atoms. The van der Waals surface area contributed by atoms with Gasteiger partial charge in [0.2, 0.25) is 0 Å². The van der Waals surface area contributed by atoms with Crippen molar-refractivity contribution in [1.82, 2.24) is 0 Å². The number of rotatable bonds is 0. The van der Waals surface area contributed by atoms with Crippen molar-refractivity contribution < 1.29 is 5.11 Å². The van der Waals surface area contributed by atoms with Gasteiger partial charge >= 0.3 is 0 Å². The molecule has 3 heteroatoms. The lowest BCUT2D eigenvalue weighted by Crippen LogP contribution is -2.22. The number of halogens is 1. The summed E-state index contributed by atoms with van der Waals surface area (Å²) >= 11 is 2.15. The van der Waals surface area contributed by atoms with E-state index in [1.54, 1.807) is 0 Å². The topological polar surface area (TPSA) is 20.2 Å². The maximum absolute atomic E-state index is 9.36. The largest absolute Gasteiger partial charge is 0.380 e. The van der Waals surface area contributed by atoms with E-state index in [2.05, 4.69) is 22.6 Å². The first-order valence-corrected chi connectivity index (χ1v) is 4.20. The Morgan fingerprint density at radius 2 is 1.56 bits per heavy atom. The molecule has 0 aromatic heterocycles. The van der Waals surface area contributed by atoms with Crippen LogP contribution in [-0.4, -0.2) is 26.1 Å². The van der Waals surface area contributed by atoms with Crippen LogP contribution in [0, 0.1) is 0 Å². The molecule has 1 aliphatic carbocycles. The van der Waals surface area contributed by atoms with Crippen LogP contribution >= 0.6 is 22.6 Å². The van der Waals surface area contributed by atoms with Crippen LogP contribution in [0.2, 0.25) is 0 Å². The minimum absolute atomic E-state index is 0. The summed E-state index contributed by atoms with van der Waals surface area (Å²) in [6.45, 7) is 0. The van der Waals surface area contributed by atoms with Crippen LogP contribution in [0.4, 0.5) is 0 Å². The molecule has 1 N–H and O–H groups in total. The van der Waals surface area contributed by atoms with E-state index in [0.29, 0.717) is 0 Å². The van der Waals surface area contributed by atoms with E-state index in [9.17, 15) is 5.11 Å². The zero-order chi connectivity index (χ0) is 6.04. The summed E-state index contributed by atoms with van der Waals surface area (Å²) < 4.78 is -0.351. The van der Waals surface area contributed by atoms with Crippen LogP contribution in [0.3, 0.4) is 0 Å². The fraction of sp³-hybridized carbons (Fsp3) is 1.00. The van der Waals surface area contributed by atoms with Gasteiger partial charge in [-0.15, -0.1) is 0 Å². The van der Waals surface area contributed by atoms with Gasteiger partial charge in [-0.1, -0.05) is 6.42 Å². The predicted molar refractivity (Wildman–Crippen MR) is 52.0 cm³/mol. The molecule has 0 aromatic rings. The molecular weight excluding hydrogens is 242 g/mol. The number of hydrogen-bond acceptors (Lipinski definition) is 1. The van der Waals surface area contributed by atoms with E-state index in [1.165, 1.54) is 19.3 Å². The second kappa shape index (κ2) is 4.17. The van der Waals surface area contributed by atoms with Crippen molar-refractivity contribution in [3.05, 3.63) is 0 Å². The Labute approximate surface area is 80.5 Å². The summed E-state index contributed by atoms with van der Waals surface area (Å²) in [5, 5.41) is 9.36. The average Bonchev–Trinajstić information content (AvgIpc) is 1.65. The quantitative estimate of drug-likeness (QED) is 0.387. The zero-order valence-corrected chi connectivity index (χ0v) is 7.02. The van der Waals surface area contributed by atoms with E-state index in [-0.39, 0.29) is 21.0 Å². The first-order chi connectivity index (χ1) is 3.71. The smallest absolute Gasteiger partial charge is 0.187 e. The Bertz CT molecular complexity index is 77.1. The highest BCUT2D eigenvalue weighted by Crippen LogP contribution is 2.33. The standard InChI is InChI=1S/C6H11IO.Al.3H/c7-6(8)4-2-1-3-5-6;;;;/h8H,1-5H2;;;;. The Morgan fingerprint density at radius 3 is 1.78 bits per heavy atom. The molecule has 0 atom stereocenters. The van der Waals surface area contributed by atoms with Gasteiger partial charge in [-0.05, 0) is 48.3 Å². The summed E-state index contributed by atoms with van der Waals surface area (Å²) in [5.74, 6) is 0. The molecule has 1 saturated carbocycles. The van der Waals surface area contributed by atoms with Crippen LogP contribution < -0.4 is 0 Å². The van der Waals surface area contributed by atoms with Crippen LogP contribution in [-0.2, 0) is 0 Å². The molecule has 1 nitrogen and oxygen atoms in total. The summed E-state index contributed by atoms with van der Waals surface area (Å²) in [5.41, 5.74) is 0. The van der Waals surface area contributed by atoms with Crippen LogP contribution in [0.25, 0.3) is 0 Å². The molecule has 0 aromatic carbocycles. The summed E-state index contributed by atoms with van der Waals surface area (Å²) in [4.78, 5) is 0. The van der Waals surface area contributed by atoms with Crippen LogP contribution in [0.5, 0.6) is 0 Å². The Kier molecular flexibility index (Phi) is 4.74. The van der Waals surface area contributed by atoms with E-state index in [4.69, 9.17) is 0 Å². The molecule has 1 aliphatic rings. The van der Waals surface area contributed by atoms with Crippen molar-refractivity contribution in [2.24, 2.45) is 0 Å². The van der Waals surface area contributed by atoms with Gasteiger partial charge in [0.25, 0.3) is 0 Å². The summed E-state index contributed by atoms with van der Waals surface area (Å²) in [7, 11) is 0. The fourth-order valence-corrected chi connectivity index (χ4v) is 1.86. The van der Waals surface area contributed by atoms with Gasteiger partial charge in [-0.2, -0.15) is 0 Å². The second-order valence-corrected chi connectivity index (χ2v) is 4.49. The van der Waals surface area contributed by atoms with Gasteiger partial charge in [-0.25, -0.2) is 0 Å². The third-order valence-corrected chi connectivity index (χ3v) is 2.70. The van der Waals surface area contributed by atoms with Gasteiger partial charge in [0.1, 0.15) is 3.61 Å². The Hall–Kier alpha value is 1.22. The molecule has 0 bridgehead atoms. The second-order valence-electron chi connectivity index (χ2n) is 2.48. The summed E-state index contributed by atoms with van der Waals surface area (Å²) in [6, 6.07) is 0. The third-order valence-electron chi connectivity index (χ3n) is 1.62. The molecule has 9 heavy (non-hydrogen) atoms. The van der Waals surface area contributed by atoms with Crippen molar-refractivity contribution in [3.63, 3.8) is 0 Å². The first kappa shape index (κ1) is 10.2. The first-order valence-electron chi connectivity index (χ1n) is 3.12. The molecule has 0 radical (unpaired) electrons. The van der Waals surface area contributed by atoms with Gasteiger partial charge in [0, 0.05) is 0 Å². The average molecular weight is 256 g/mol. The molecule has 0 saturated heterocycles.